The lowest BCUT2D eigenvalue weighted by Gasteiger charge is -2.10. The smallest absolute Gasteiger partial charge is 0.343 e. The standard InChI is InChI=1S/C24H23N3O3S/c1-16-7-10-19(11-8-16)23(28)30-21-12-9-18(14-22(21)29-3)15-25-27-24(31)26-20-6-4-5-17(2)13-20/h4-15H,1-3H3,(H2,26,27,31)/b25-15-. The second-order valence-corrected chi connectivity index (χ2v) is 7.27. The normalized spacial score (nSPS) is 10.5. The van der Waals surface area contributed by atoms with Gasteiger partial charge in [0.1, 0.15) is 0 Å². The topological polar surface area (TPSA) is 71.9 Å². The van der Waals surface area contributed by atoms with Crippen molar-refractivity contribution in [1.82, 2.24) is 5.43 Å². The number of hydrazone groups is 1. The number of ether oxygens (including phenoxy) is 2. The molecule has 0 aliphatic carbocycles. The first-order valence-corrected chi connectivity index (χ1v) is 9.99. The molecular formula is C24H23N3O3S. The van der Waals surface area contributed by atoms with Gasteiger partial charge in [0.25, 0.3) is 0 Å². The predicted molar refractivity (Wildman–Crippen MR) is 127 cm³/mol. The average molecular weight is 434 g/mol. The zero-order valence-corrected chi connectivity index (χ0v) is 18.3. The number of aryl methyl sites for hydroxylation is 2. The van der Waals surface area contributed by atoms with Gasteiger partial charge in [0, 0.05) is 5.69 Å². The molecule has 7 heteroatoms. The van der Waals surface area contributed by atoms with Crippen LogP contribution in [-0.4, -0.2) is 24.4 Å². The molecule has 0 amide bonds. The van der Waals surface area contributed by atoms with Gasteiger partial charge in [-0.1, -0.05) is 29.8 Å². The third-order valence-electron chi connectivity index (χ3n) is 4.33. The van der Waals surface area contributed by atoms with E-state index in [0.29, 0.717) is 22.2 Å². The minimum absolute atomic E-state index is 0.329. The van der Waals surface area contributed by atoms with E-state index in [-0.39, 0.29) is 0 Å². The summed E-state index contributed by atoms with van der Waals surface area (Å²) in [6.45, 7) is 3.97. The van der Waals surface area contributed by atoms with E-state index in [1.807, 2.05) is 50.2 Å². The summed E-state index contributed by atoms with van der Waals surface area (Å²) in [5, 5.41) is 7.58. The number of carbonyl (C=O) groups excluding carboxylic acids is 1. The van der Waals surface area contributed by atoms with Gasteiger partial charge in [-0.15, -0.1) is 0 Å². The van der Waals surface area contributed by atoms with Crippen LogP contribution in [0.25, 0.3) is 0 Å². The van der Waals surface area contributed by atoms with Gasteiger partial charge in [0.05, 0.1) is 18.9 Å². The number of hydrogen-bond acceptors (Lipinski definition) is 5. The van der Waals surface area contributed by atoms with Crippen LogP contribution in [0.1, 0.15) is 27.0 Å². The van der Waals surface area contributed by atoms with Gasteiger partial charge < -0.3 is 14.8 Å². The zero-order chi connectivity index (χ0) is 22.2. The number of esters is 1. The van der Waals surface area contributed by atoms with Crippen molar-refractivity contribution in [3.63, 3.8) is 0 Å². The Labute approximate surface area is 186 Å². The number of methoxy groups -OCH3 is 1. The number of carbonyl (C=O) groups is 1. The molecule has 0 saturated heterocycles. The summed E-state index contributed by atoms with van der Waals surface area (Å²) in [4.78, 5) is 12.4. The quantitative estimate of drug-likeness (QED) is 0.190. The maximum Gasteiger partial charge on any atom is 0.343 e. The molecule has 0 aromatic heterocycles. The molecule has 3 rings (SSSR count). The van der Waals surface area contributed by atoms with Crippen molar-refractivity contribution in [2.45, 2.75) is 13.8 Å². The molecular weight excluding hydrogens is 410 g/mol. The summed E-state index contributed by atoms with van der Waals surface area (Å²) in [5.41, 5.74) is 7.07. The molecule has 0 heterocycles. The zero-order valence-electron chi connectivity index (χ0n) is 17.5. The molecule has 2 N–H and O–H groups in total. The van der Waals surface area contributed by atoms with E-state index in [2.05, 4.69) is 15.8 Å². The van der Waals surface area contributed by atoms with Crippen LogP contribution < -0.4 is 20.2 Å². The monoisotopic (exact) mass is 433 g/mol. The fraction of sp³-hybridized carbons (Fsp3) is 0.125. The molecule has 0 atom stereocenters. The predicted octanol–water partition coefficient (Wildman–Crippen LogP) is 4.85. The van der Waals surface area contributed by atoms with Crippen LogP contribution in [0.15, 0.2) is 71.8 Å². The van der Waals surface area contributed by atoms with E-state index in [0.717, 1.165) is 22.4 Å². The van der Waals surface area contributed by atoms with Gasteiger partial charge in [-0.2, -0.15) is 5.10 Å². The van der Waals surface area contributed by atoms with E-state index >= 15 is 0 Å². The Bertz CT molecular complexity index is 1110. The van der Waals surface area contributed by atoms with Gasteiger partial charge in [-0.05, 0) is 79.7 Å². The first-order chi connectivity index (χ1) is 14.9. The summed E-state index contributed by atoms with van der Waals surface area (Å²) < 4.78 is 10.8. The van der Waals surface area contributed by atoms with Crippen molar-refractivity contribution in [3.05, 3.63) is 89.0 Å². The lowest BCUT2D eigenvalue weighted by atomic mass is 10.1. The Morgan fingerprint density at radius 2 is 1.74 bits per heavy atom. The molecule has 0 aliphatic rings. The minimum Gasteiger partial charge on any atom is -0.493 e. The van der Waals surface area contributed by atoms with Gasteiger partial charge >= 0.3 is 5.97 Å². The van der Waals surface area contributed by atoms with Gasteiger partial charge in [0.15, 0.2) is 16.6 Å². The molecule has 3 aromatic carbocycles. The molecule has 0 unspecified atom stereocenters. The maximum atomic E-state index is 12.4. The molecule has 0 spiro atoms. The molecule has 6 nitrogen and oxygen atoms in total. The van der Waals surface area contributed by atoms with Crippen LogP contribution in [0.2, 0.25) is 0 Å². The average Bonchev–Trinajstić information content (AvgIpc) is 2.75. The molecule has 0 bridgehead atoms. The van der Waals surface area contributed by atoms with Crippen molar-refractivity contribution >= 4 is 35.2 Å². The summed E-state index contributed by atoms with van der Waals surface area (Å²) in [6.07, 6.45) is 1.60. The summed E-state index contributed by atoms with van der Waals surface area (Å²) in [7, 11) is 1.51. The molecule has 0 saturated carbocycles. The first-order valence-electron chi connectivity index (χ1n) is 9.58. The number of benzene rings is 3. The second-order valence-electron chi connectivity index (χ2n) is 6.86. The lowest BCUT2D eigenvalue weighted by Crippen LogP contribution is -2.23. The molecule has 0 fully saturated rings. The van der Waals surface area contributed by atoms with Crippen molar-refractivity contribution in [3.8, 4) is 11.5 Å². The van der Waals surface area contributed by atoms with Crippen LogP contribution in [0.5, 0.6) is 11.5 Å². The molecule has 0 radical (unpaired) electrons. The summed E-state index contributed by atoms with van der Waals surface area (Å²) >= 11 is 5.25. The highest BCUT2D eigenvalue weighted by molar-refractivity contribution is 7.80. The third kappa shape index (κ3) is 6.38. The second kappa shape index (κ2) is 10.4. The SMILES string of the molecule is COc1cc(/C=N\NC(=S)Nc2cccc(C)c2)ccc1OC(=O)c1ccc(C)cc1. The number of rotatable bonds is 6. The first kappa shape index (κ1) is 22.0. The van der Waals surface area contributed by atoms with Crippen LogP contribution in [-0.2, 0) is 0 Å². The Morgan fingerprint density at radius 3 is 2.45 bits per heavy atom. The number of thiocarbonyl (C=S) groups is 1. The number of nitrogens with zero attached hydrogens (tertiary/aromatic N) is 1. The van der Waals surface area contributed by atoms with E-state index in [4.69, 9.17) is 21.7 Å². The number of hydrogen-bond donors (Lipinski definition) is 2. The van der Waals surface area contributed by atoms with Crippen LogP contribution in [0.4, 0.5) is 5.69 Å². The van der Waals surface area contributed by atoms with Crippen LogP contribution in [0, 0.1) is 13.8 Å². The minimum atomic E-state index is -0.450. The largest absolute Gasteiger partial charge is 0.493 e. The Morgan fingerprint density at radius 1 is 0.968 bits per heavy atom. The highest BCUT2D eigenvalue weighted by Crippen LogP contribution is 2.28. The molecule has 31 heavy (non-hydrogen) atoms. The van der Waals surface area contributed by atoms with Gasteiger partial charge in [-0.25, -0.2) is 4.79 Å². The fourth-order valence-electron chi connectivity index (χ4n) is 2.74. The number of nitrogens with one attached hydrogen (secondary N) is 2. The molecule has 158 valence electrons. The Kier molecular flexibility index (Phi) is 7.35. The van der Waals surface area contributed by atoms with E-state index in [9.17, 15) is 4.79 Å². The fourth-order valence-corrected chi connectivity index (χ4v) is 2.92. The highest BCUT2D eigenvalue weighted by atomic mass is 32.1. The van der Waals surface area contributed by atoms with Crippen molar-refractivity contribution in [2.24, 2.45) is 5.10 Å². The van der Waals surface area contributed by atoms with Crippen molar-refractivity contribution < 1.29 is 14.3 Å². The van der Waals surface area contributed by atoms with Crippen molar-refractivity contribution in [1.29, 1.82) is 0 Å². The Hall–Kier alpha value is -3.71. The third-order valence-corrected chi connectivity index (χ3v) is 4.53. The van der Waals surface area contributed by atoms with E-state index in [1.165, 1.54) is 7.11 Å². The summed E-state index contributed by atoms with van der Waals surface area (Å²) in [6, 6.07) is 20.2. The molecule has 3 aromatic rings. The van der Waals surface area contributed by atoms with E-state index in [1.54, 1.807) is 36.5 Å². The molecule has 0 aliphatic heterocycles. The lowest BCUT2D eigenvalue weighted by molar-refractivity contribution is 0.0729. The van der Waals surface area contributed by atoms with Crippen molar-refractivity contribution in [2.75, 3.05) is 12.4 Å². The number of anilines is 1. The van der Waals surface area contributed by atoms with Gasteiger partial charge in [-0.3, -0.25) is 5.43 Å². The van der Waals surface area contributed by atoms with E-state index < -0.39 is 5.97 Å². The van der Waals surface area contributed by atoms with Crippen LogP contribution in [0.3, 0.4) is 0 Å². The van der Waals surface area contributed by atoms with Crippen LogP contribution >= 0.6 is 12.2 Å². The Balaban J connectivity index is 1.61. The van der Waals surface area contributed by atoms with Gasteiger partial charge in [0.2, 0.25) is 0 Å². The maximum absolute atomic E-state index is 12.4. The summed E-state index contributed by atoms with van der Waals surface area (Å²) in [5.74, 6) is 0.300. The highest BCUT2D eigenvalue weighted by Gasteiger charge is 2.12.